The number of rotatable bonds is 0. The molecule has 1 aliphatic rings. The first-order valence-electron chi connectivity index (χ1n) is 4.63. The van der Waals surface area contributed by atoms with Crippen LogP contribution in [-0.2, 0) is 0 Å². The number of hydrogen-bond donors (Lipinski definition) is 0. The molecule has 1 rings (SSSR count). The summed E-state index contributed by atoms with van der Waals surface area (Å²) in [5.41, 5.74) is -0.328. The SMILES string of the molecule is CC1=C(C)C(C)(C)C(F)(F)C1(C)C. The average Bonchev–Trinajstić information content (AvgIpc) is 2.05. The van der Waals surface area contributed by atoms with Crippen LogP contribution in [0.5, 0.6) is 0 Å². The Morgan fingerprint density at radius 2 is 1.00 bits per heavy atom. The van der Waals surface area contributed by atoms with Crippen LogP contribution in [0.2, 0.25) is 0 Å². The monoisotopic (exact) mass is 188 g/mol. The quantitative estimate of drug-likeness (QED) is 0.503. The third kappa shape index (κ3) is 0.947. The maximum absolute atomic E-state index is 14.0. The lowest BCUT2D eigenvalue weighted by Gasteiger charge is -2.37. The van der Waals surface area contributed by atoms with Gasteiger partial charge in [0.2, 0.25) is 0 Å². The highest BCUT2D eigenvalue weighted by Gasteiger charge is 2.63. The molecule has 0 bridgehead atoms. The minimum atomic E-state index is -2.64. The fourth-order valence-corrected chi connectivity index (χ4v) is 2.19. The maximum atomic E-state index is 14.0. The van der Waals surface area contributed by atoms with Crippen LogP contribution < -0.4 is 0 Å². The van der Waals surface area contributed by atoms with Gasteiger partial charge in [0.05, 0.1) is 10.8 Å². The molecular weight excluding hydrogens is 170 g/mol. The van der Waals surface area contributed by atoms with Gasteiger partial charge in [-0.05, 0) is 13.8 Å². The van der Waals surface area contributed by atoms with Gasteiger partial charge in [0.15, 0.2) is 0 Å². The number of allylic oxidation sites excluding steroid dienone is 2. The second kappa shape index (κ2) is 2.34. The van der Waals surface area contributed by atoms with E-state index < -0.39 is 16.8 Å². The molecule has 0 nitrogen and oxygen atoms in total. The zero-order valence-corrected chi connectivity index (χ0v) is 9.26. The molecule has 0 aromatic heterocycles. The van der Waals surface area contributed by atoms with E-state index in [9.17, 15) is 8.78 Å². The van der Waals surface area contributed by atoms with Gasteiger partial charge in [-0.1, -0.05) is 38.8 Å². The largest absolute Gasteiger partial charge is 0.265 e. The Bertz CT molecular complexity index is 244. The van der Waals surface area contributed by atoms with Crippen LogP contribution >= 0.6 is 0 Å². The molecule has 2 heteroatoms. The number of hydrogen-bond acceptors (Lipinski definition) is 0. The standard InChI is InChI=1S/C11H18F2/c1-7-8(2)10(5,6)11(12,13)9(7,3)4/h1-6H3. The predicted molar refractivity (Wildman–Crippen MR) is 50.9 cm³/mol. The van der Waals surface area contributed by atoms with Crippen LogP contribution in [0, 0.1) is 10.8 Å². The van der Waals surface area contributed by atoms with Crippen molar-refractivity contribution in [1.29, 1.82) is 0 Å². The van der Waals surface area contributed by atoms with Gasteiger partial charge < -0.3 is 0 Å². The van der Waals surface area contributed by atoms with Crippen molar-refractivity contribution >= 4 is 0 Å². The van der Waals surface area contributed by atoms with Crippen molar-refractivity contribution in [1.82, 2.24) is 0 Å². The summed E-state index contributed by atoms with van der Waals surface area (Å²) in [7, 11) is 0. The lowest BCUT2D eigenvalue weighted by atomic mass is 9.75. The van der Waals surface area contributed by atoms with Crippen molar-refractivity contribution in [2.75, 3.05) is 0 Å². The Labute approximate surface area is 79.0 Å². The Morgan fingerprint density at radius 1 is 0.769 bits per heavy atom. The van der Waals surface area contributed by atoms with Crippen LogP contribution in [-0.4, -0.2) is 5.92 Å². The zero-order chi connectivity index (χ0) is 10.7. The van der Waals surface area contributed by atoms with E-state index in [1.807, 2.05) is 13.8 Å². The molecule has 0 atom stereocenters. The van der Waals surface area contributed by atoms with E-state index in [2.05, 4.69) is 0 Å². The highest BCUT2D eigenvalue weighted by Crippen LogP contribution is 2.62. The number of alkyl halides is 2. The van der Waals surface area contributed by atoms with Crippen LogP contribution in [0.15, 0.2) is 11.1 Å². The van der Waals surface area contributed by atoms with Crippen molar-refractivity contribution in [3.8, 4) is 0 Å². The third-order valence-electron chi connectivity index (χ3n) is 4.01. The summed E-state index contributed by atoms with van der Waals surface area (Å²) in [4.78, 5) is 0. The molecule has 0 saturated heterocycles. The Hall–Kier alpha value is -0.400. The van der Waals surface area contributed by atoms with Crippen molar-refractivity contribution < 1.29 is 8.78 Å². The van der Waals surface area contributed by atoms with Crippen molar-refractivity contribution in [2.45, 2.75) is 47.5 Å². The molecule has 0 radical (unpaired) electrons. The fourth-order valence-electron chi connectivity index (χ4n) is 2.19. The van der Waals surface area contributed by atoms with Crippen LogP contribution in [0.4, 0.5) is 8.78 Å². The van der Waals surface area contributed by atoms with Crippen LogP contribution in [0.1, 0.15) is 41.5 Å². The summed E-state index contributed by atoms with van der Waals surface area (Å²) in [6, 6.07) is 0. The lowest BCUT2D eigenvalue weighted by molar-refractivity contribution is -0.141. The summed E-state index contributed by atoms with van der Waals surface area (Å²) >= 11 is 0. The van der Waals surface area contributed by atoms with E-state index in [-0.39, 0.29) is 0 Å². The van der Waals surface area contributed by atoms with E-state index in [1.165, 1.54) is 0 Å². The first-order chi connectivity index (χ1) is 5.57. The molecule has 76 valence electrons. The molecular formula is C11H18F2. The summed E-state index contributed by atoms with van der Waals surface area (Å²) in [5, 5.41) is 0. The molecule has 0 N–H and O–H groups in total. The topological polar surface area (TPSA) is 0 Å². The molecule has 0 fully saturated rings. The van der Waals surface area contributed by atoms with Gasteiger partial charge in [0, 0.05) is 0 Å². The first kappa shape index (κ1) is 10.7. The van der Waals surface area contributed by atoms with Gasteiger partial charge in [-0.15, -0.1) is 0 Å². The smallest absolute Gasteiger partial charge is 0.205 e. The predicted octanol–water partition coefficient (Wildman–Crippen LogP) is 4.02. The lowest BCUT2D eigenvalue weighted by Crippen LogP contribution is -2.43. The Balaban J connectivity index is 3.39. The molecule has 0 aromatic carbocycles. The summed E-state index contributed by atoms with van der Waals surface area (Å²) in [6.45, 7) is 10.1. The molecule has 13 heavy (non-hydrogen) atoms. The third-order valence-corrected chi connectivity index (χ3v) is 4.01. The minimum absolute atomic E-state index is 0.836. The van der Waals surface area contributed by atoms with Gasteiger partial charge in [0.25, 0.3) is 5.92 Å². The van der Waals surface area contributed by atoms with Crippen molar-refractivity contribution in [3.05, 3.63) is 11.1 Å². The Morgan fingerprint density at radius 3 is 1.08 bits per heavy atom. The molecule has 0 amide bonds. The minimum Gasteiger partial charge on any atom is -0.205 e. The van der Waals surface area contributed by atoms with Gasteiger partial charge in [-0.25, -0.2) is 8.78 Å². The first-order valence-corrected chi connectivity index (χ1v) is 4.63. The average molecular weight is 188 g/mol. The number of halogens is 2. The highest BCUT2D eigenvalue weighted by molar-refractivity contribution is 5.36. The maximum Gasteiger partial charge on any atom is 0.265 e. The van der Waals surface area contributed by atoms with Gasteiger partial charge >= 0.3 is 0 Å². The molecule has 0 spiro atoms. The molecule has 0 aromatic rings. The van der Waals surface area contributed by atoms with Gasteiger partial charge in [-0.2, -0.15) is 0 Å². The van der Waals surface area contributed by atoms with Gasteiger partial charge in [0.1, 0.15) is 0 Å². The van der Waals surface area contributed by atoms with E-state index in [1.54, 1.807) is 27.7 Å². The summed E-state index contributed by atoms with van der Waals surface area (Å²) in [5.74, 6) is -2.64. The summed E-state index contributed by atoms with van der Waals surface area (Å²) in [6.07, 6.45) is 0. The van der Waals surface area contributed by atoms with Crippen LogP contribution in [0.25, 0.3) is 0 Å². The van der Waals surface area contributed by atoms with E-state index >= 15 is 0 Å². The normalized spacial score (nSPS) is 29.5. The zero-order valence-electron chi connectivity index (χ0n) is 9.26. The van der Waals surface area contributed by atoms with Gasteiger partial charge in [-0.3, -0.25) is 0 Å². The summed E-state index contributed by atoms with van der Waals surface area (Å²) < 4.78 is 27.9. The molecule has 0 heterocycles. The van der Waals surface area contributed by atoms with Crippen LogP contribution in [0.3, 0.4) is 0 Å². The molecule has 0 saturated carbocycles. The molecule has 0 unspecified atom stereocenters. The highest BCUT2D eigenvalue weighted by atomic mass is 19.3. The Kier molecular flexibility index (Phi) is 1.92. The van der Waals surface area contributed by atoms with E-state index in [0.29, 0.717) is 0 Å². The van der Waals surface area contributed by atoms with E-state index in [0.717, 1.165) is 11.1 Å². The second-order valence-corrected chi connectivity index (χ2v) is 5.07. The van der Waals surface area contributed by atoms with E-state index in [4.69, 9.17) is 0 Å². The van der Waals surface area contributed by atoms with Crippen molar-refractivity contribution in [3.63, 3.8) is 0 Å². The molecule has 0 aliphatic heterocycles. The molecule has 1 aliphatic carbocycles. The van der Waals surface area contributed by atoms with Crippen molar-refractivity contribution in [2.24, 2.45) is 10.8 Å². The fraction of sp³-hybridized carbons (Fsp3) is 0.818. The second-order valence-electron chi connectivity index (χ2n) is 5.07.